The highest BCUT2D eigenvalue weighted by molar-refractivity contribution is 8.14. The Labute approximate surface area is 101 Å². The SMILES string of the molecule is CC(C)CC1CN=C(NCc2ccco2)S1. The van der Waals surface area contributed by atoms with E-state index in [2.05, 4.69) is 24.2 Å². The average molecular weight is 238 g/mol. The third-order valence-corrected chi connectivity index (χ3v) is 3.62. The molecule has 1 aromatic rings. The largest absolute Gasteiger partial charge is 0.467 e. The molecule has 3 nitrogen and oxygen atoms in total. The van der Waals surface area contributed by atoms with Gasteiger partial charge in [0.1, 0.15) is 5.76 Å². The second-order valence-electron chi connectivity index (χ2n) is 4.45. The van der Waals surface area contributed by atoms with Crippen LogP contribution in [0.5, 0.6) is 0 Å². The number of nitrogens with zero attached hydrogens (tertiary/aromatic N) is 1. The highest BCUT2D eigenvalue weighted by atomic mass is 32.2. The monoisotopic (exact) mass is 238 g/mol. The molecule has 0 radical (unpaired) electrons. The van der Waals surface area contributed by atoms with Crippen LogP contribution in [-0.2, 0) is 6.54 Å². The predicted octanol–water partition coefficient (Wildman–Crippen LogP) is 2.89. The third kappa shape index (κ3) is 3.30. The number of amidine groups is 1. The lowest BCUT2D eigenvalue weighted by Gasteiger charge is -2.10. The van der Waals surface area contributed by atoms with E-state index >= 15 is 0 Å². The van der Waals surface area contributed by atoms with Crippen molar-refractivity contribution in [3.05, 3.63) is 24.2 Å². The molecular formula is C12H18N2OS. The van der Waals surface area contributed by atoms with Gasteiger partial charge in [0.15, 0.2) is 5.17 Å². The lowest BCUT2D eigenvalue weighted by molar-refractivity contribution is 0.504. The summed E-state index contributed by atoms with van der Waals surface area (Å²) in [5.41, 5.74) is 0. The van der Waals surface area contributed by atoms with Crippen molar-refractivity contribution < 1.29 is 4.42 Å². The molecule has 0 amide bonds. The van der Waals surface area contributed by atoms with Gasteiger partial charge in [-0.15, -0.1) is 0 Å². The first-order valence-corrected chi connectivity index (χ1v) is 6.59. The van der Waals surface area contributed by atoms with Crippen molar-refractivity contribution in [3.63, 3.8) is 0 Å². The van der Waals surface area contributed by atoms with Crippen molar-refractivity contribution in [3.8, 4) is 0 Å². The molecular weight excluding hydrogens is 220 g/mol. The van der Waals surface area contributed by atoms with E-state index in [-0.39, 0.29) is 0 Å². The van der Waals surface area contributed by atoms with Crippen molar-refractivity contribution >= 4 is 16.9 Å². The Kier molecular flexibility index (Phi) is 3.93. The zero-order valence-corrected chi connectivity index (χ0v) is 10.6. The van der Waals surface area contributed by atoms with Gasteiger partial charge in [-0.3, -0.25) is 4.99 Å². The Morgan fingerprint density at radius 1 is 1.62 bits per heavy atom. The average Bonchev–Trinajstić information content (AvgIpc) is 2.84. The minimum absolute atomic E-state index is 0.652. The summed E-state index contributed by atoms with van der Waals surface area (Å²) in [6.45, 7) is 6.19. The number of hydrogen-bond donors (Lipinski definition) is 1. The van der Waals surface area contributed by atoms with Gasteiger partial charge in [-0.1, -0.05) is 25.6 Å². The lowest BCUT2D eigenvalue weighted by Crippen LogP contribution is -2.18. The fourth-order valence-corrected chi connectivity index (χ4v) is 2.99. The Bertz CT molecular complexity index is 346. The zero-order valence-electron chi connectivity index (χ0n) is 9.77. The quantitative estimate of drug-likeness (QED) is 0.876. The molecule has 2 heterocycles. The van der Waals surface area contributed by atoms with Crippen molar-refractivity contribution in [2.45, 2.75) is 32.1 Å². The topological polar surface area (TPSA) is 37.5 Å². The van der Waals surface area contributed by atoms with E-state index < -0.39 is 0 Å². The number of rotatable bonds is 4. The molecule has 0 aromatic carbocycles. The van der Waals surface area contributed by atoms with Crippen LogP contribution in [0.4, 0.5) is 0 Å². The second kappa shape index (κ2) is 5.43. The molecule has 0 saturated carbocycles. The molecule has 0 aliphatic carbocycles. The summed E-state index contributed by atoms with van der Waals surface area (Å²) in [6, 6.07) is 3.88. The summed E-state index contributed by atoms with van der Waals surface area (Å²) in [6.07, 6.45) is 2.93. The Balaban J connectivity index is 1.72. The van der Waals surface area contributed by atoms with Crippen LogP contribution in [0.3, 0.4) is 0 Å². The maximum atomic E-state index is 5.26. The van der Waals surface area contributed by atoms with E-state index in [9.17, 15) is 0 Å². The summed E-state index contributed by atoms with van der Waals surface area (Å²) < 4.78 is 5.26. The molecule has 0 fully saturated rings. The van der Waals surface area contributed by atoms with Crippen molar-refractivity contribution in [2.24, 2.45) is 10.9 Å². The molecule has 1 atom stereocenters. The van der Waals surface area contributed by atoms with Gasteiger partial charge in [-0.25, -0.2) is 0 Å². The Hall–Kier alpha value is -0.900. The lowest BCUT2D eigenvalue weighted by atomic mass is 10.1. The second-order valence-corrected chi connectivity index (χ2v) is 5.74. The third-order valence-electron chi connectivity index (χ3n) is 2.45. The smallest absolute Gasteiger partial charge is 0.157 e. The van der Waals surface area contributed by atoms with Gasteiger partial charge < -0.3 is 9.73 Å². The Morgan fingerprint density at radius 3 is 3.19 bits per heavy atom. The summed E-state index contributed by atoms with van der Waals surface area (Å²) in [5.74, 6) is 1.70. The minimum Gasteiger partial charge on any atom is -0.467 e. The molecule has 0 bridgehead atoms. The first-order valence-electron chi connectivity index (χ1n) is 5.71. The summed E-state index contributed by atoms with van der Waals surface area (Å²) in [4.78, 5) is 4.50. The van der Waals surface area contributed by atoms with E-state index in [0.717, 1.165) is 29.9 Å². The number of thioether (sulfide) groups is 1. The van der Waals surface area contributed by atoms with Crippen molar-refractivity contribution in [2.75, 3.05) is 6.54 Å². The molecule has 1 N–H and O–H groups in total. The first kappa shape index (κ1) is 11.6. The van der Waals surface area contributed by atoms with Crippen LogP contribution in [0, 0.1) is 5.92 Å². The van der Waals surface area contributed by atoms with Crippen LogP contribution in [-0.4, -0.2) is 17.0 Å². The fourth-order valence-electron chi connectivity index (χ4n) is 1.74. The molecule has 16 heavy (non-hydrogen) atoms. The molecule has 1 unspecified atom stereocenters. The van der Waals surface area contributed by atoms with Crippen LogP contribution in [0.1, 0.15) is 26.0 Å². The number of furan rings is 1. The molecule has 2 rings (SSSR count). The van der Waals surface area contributed by atoms with Gasteiger partial charge in [-0.05, 0) is 24.5 Å². The van der Waals surface area contributed by atoms with E-state index in [1.165, 1.54) is 6.42 Å². The van der Waals surface area contributed by atoms with E-state index in [1.807, 2.05) is 23.9 Å². The summed E-state index contributed by atoms with van der Waals surface area (Å²) >= 11 is 1.86. The van der Waals surface area contributed by atoms with Crippen LogP contribution < -0.4 is 5.32 Å². The first-order chi connectivity index (χ1) is 7.74. The normalized spacial score (nSPS) is 20.2. The maximum absolute atomic E-state index is 5.26. The highest BCUT2D eigenvalue weighted by Gasteiger charge is 2.20. The van der Waals surface area contributed by atoms with Gasteiger partial charge in [-0.2, -0.15) is 0 Å². The zero-order chi connectivity index (χ0) is 11.4. The maximum Gasteiger partial charge on any atom is 0.157 e. The number of hydrogen-bond acceptors (Lipinski definition) is 4. The molecule has 0 saturated heterocycles. The van der Waals surface area contributed by atoms with E-state index in [1.54, 1.807) is 6.26 Å². The highest BCUT2D eigenvalue weighted by Crippen LogP contribution is 2.25. The van der Waals surface area contributed by atoms with Crippen LogP contribution in [0.15, 0.2) is 27.8 Å². The van der Waals surface area contributed by atoms with Crippen LogP contribution >= 0.6 is 11.8 Å². The number of nitrogens with one attached hydrogen (secondary N) is 1. The van der Waals surface area contributed by atoms with Crippen LogP contribution in [0.25, 0.3) is 0 Å². The molecule has 4 heteroatoms. The molecule has 0 spiro atoms. The van der Waals surface area contributed by atoms with Gasteiger partial charge in [0.05, 0.1) is 19.4 Å². The van der Waals surface area contributed by atoms with Gasteiger partial charge in [0, 0.05) is 5.25 Å². The predicted molar refractivity (Wildman–Crippen MR) is 68.7 cm³/mol. The van der Waals surface area contributed by atoms with E-state index in [4.69, 9.17) is 4.42 Å². The van der Waals surface area contributed by atoms with Crippen molar-refractivity contribution in [1.29, 1.82) is 0 Å². The molecule has 88 valence electrons. The summed E-state index contributed by atoms with van der Waals surface area (Å²) in [7, 11) is 0. The van der Waals surface area contributed by atoms with Gasteiger partial charge in [0.25, 0.3) is 0 Å². The molecule has 1 aliphatic rings. The van der Waals surface area contributed by atoms with Gasteiger partial charge >= 0.3 is 0 Å². The Morgan fingerprint density at radius 2 is 2.50 bits per heavy atom. The minimum atomic E-state index is 0.652. The molecule has 1 aliphatic heterocycles. The standard InChI is InChI=1S/C12H18N2OS/c1-9(2)6-11-8-14-12(16-11)13-7-10-4-3-5-15-10/h3-5,9,11H,6-8H2,1-2H3,(H,13,14). The molecule has 1 aromatic heterocycles. The summed E-state index contributed by atoms with van der Waals surface area (Å²) in [5, 5.41) is 5.02. The fraction of sp³-hybridized carbons (Fsp3) is 0.583. The van der Waals surface area contributed by atoms with Crippen LogP contribution in [0.2, 0.25) is 0 Å². The van der Waals surface area contributed by atoms with Gasteiger partial charge in [0.2, 0.25) is 0 Å². The van der Waals surface area contributed by atoms with E-state index in [0.29, 0.717) is 5.25 Å². The van der Waals surface area contributed by atoms with Crippen molar-refractivity contribution in [1.82, 2.24) is 5.32 Å². The number of aliphatic imine (C=N–C) groups is 1.